The van der Waals surface area contributed by atoms with Crippen LogP contribution < -0.4 is 5.32 Å². The van der Waals surface area contributed by atoms with Crippen LogP contribution in [-0.4, -0.2) is 12.6 Å². The predicted molar refractivity (Wildman–Crippen MR) is 99.9 cm³/mol. The number of aryl methyl sites for hydroxylation is 1. The second-order valence-corrected chi connectivity index (χ2v) is 6.91. The topological polar surface area (TPSA) is 38.3 Å². The maximum atomic E-state index is 12.1. The van der Waals surface area contributed by atoms with Crippen LogP contribution in [0.25, 0.3) is 0 Å². The Morgan fingerprint density at radius 3 is 2.76 bits per heavy atom. The summed E-state index contributed by atoms with van der Waals surface area (Å²) in [6.07, 6.45) is 5.62. The van der Waals surface area contributed by atoms with Crippen molar-refractivity contribution < 1.29 is 9.53 Å². The molecule has 25 heavy (non-hydrogen) atoms. The minimum Gasteiger partial charge on any atom is -0.462 e. The fourth-order valence-electron chi connectivity index (χ4n) is 4.04. The van der Waals surface area contributed by atoms with Gasteiger partial charge < -0.3 is 10.1 Å². The van der Waals surface area contributed by atoms with Gasteiger partial charge in [0, 0.05) is 11.6 Å². The molecule has 3 heteroatoms. The molecule has 1 N–H and O–H groups in total. The molecule has 0 fully saturated rings. The van der Waals surface area contributed by atoms with Gasteiger partial charge in [0.05, 0.1) is 18.2 Å². The van der Waals surface area contributed by atoms with Gasteiger partial charge in [-0.2, -0.15) is 0 Å². The molecule has 0 bridgehead atoms. The third-order valence-electron chi connectivity index (χ3n) is 5.31. The molecule has 2 aromatic rings. The molecule has 0 amide bonds. The largest absolute Gasteiger partial charge is 0.462 e. The molecular formula is C22H23NO2. The summed E-state index contributed by atoms with van der Waals surface area (Å²) in [5, 5.41) is 3.71. The van der Waals surface area contributed by atoms with E-state index in [4.69, 9.17) is 4.74 Å². The molecule has 1 aliphatic carbocycles. The van der Waals surface area contributed by atoms with Gasteiger partial charge in [0.1, 0.15) is 0 Å². The first-order valence-electron chi connectivity index (χ1n) is 8.98. The standard InChI is InChI=1S/C22H23NO2/c1-3-25-22(24)16-11-12-20-19(13-16)17-5-4-6-18(17)21(23-20)15-9-7-14(2)8-10-15/h4-5,7-13,17-18,21,23H,3,6H2,1-2H3. The van der Waals surface area contributed by atoms with Gasteiger partial charge in [-0.05, 0) is 55.5 Å². The molecule has 3 nitrogen and oxygen atoms in total. The van der Waals surface area contributed by atoms with Gasteiger partial charge >= 0.3 is 5.97 Å². The van der Waals surface area contributed by atoms with Crippen molar-refractivity contribution in [2.24, 2.45) is 5.92 Å². The van der Waals surface area contributed by atoms with E-state index in [0.717, 1.165) is 12.1 Å². The third-order valence-corrected chi connectivity index (χ3v) is 5.31. The maximum Gasteiger partial charge on any atom is 0.338 e. The summed E-state index contributed by atoms with van der Waals surface area (Å²) in [6, 6.07) is 15.0. The number of esters is 1. The molecule has 0 saturated heterocycles. The lowest BCUT2D eigenvalue weighted by Crippen LogP contribution is -2.29. The lowest BCUT2D eigenvalue weighted by Gasteiger charge is -2.37. The van der Waals surface area contributed by atoms with E-state index >= 15 is 0 Å². The molecular weight excluding hydrogens is 310 g/mol. The molecule has 1 aliphatic heterocycles. The minimum absolute atomic E-state index is 0.246. The van der Waals surface area contributed by atoms with E-state index in [1.165, 1.54) is 16.7 Å². The van der Waals surface area contributed by atoms with Crippen LogP contribution in [0.3, 0.4) is 0 Å². The highest BCUT2D eigenvalue weighted by atomic mass is 16.5. The zero-order valence-corrected chi connectivity index (χ0v) is 14.7. The quantitative estimate of drug-likeness (QED) is 0.634. The maximum absolute atomic E-state index is 12.1. The predicted octanol–water partition coefficient (Wildman–Crippen LogP) is 5.00. The summed E-state index contributed by atoms with van der Waals surface area (Å²) in [6.45, 7) is 4.35. The lowest BCUT2D eigenvalue weighted by atomic mass is 9.76. The van der Waals surface area contributed by atoms with Crippen molar-refractivity contribution in [1.82, 2.24) is 0 Å². The Morgan fingerprint density at radius 1 is 1.20 bits per heavy atom. The average Bonchev–Trinajstić information content (AvgIpc) is 3.11. The number of carbonyl (C=O) groups is 1. The van der Waals surface area contributed by atoms with Crippen molar-refractivity contribution in [3.8, 4) is 0 Å². The zero-order chi connectivity index (χ0) is 17.4. The SMILES string of the molecule is CCOC(=O)c1ccc2c(c1)C1C=CCC1C(c1ccc(C)cc1)N2. The van der Waals surface area contributed by atoms with Crippen molar-refractivity contribution in [1.29, 1.82) is 0 Å². The summed E-state index contributed by atoms with van der Waals surface area (Å²) in [4.78, 5) is 12.1. The third kappa shape index (κ3) is 2.84. The van der Waals surface area contributed by atoms with E-state index in [-0.39, 0.29) is 5.97 Å². The van der Waals surface area contributed by atoms with Crippen molar-refractivity contribution >= 4 is 11.7 Å². The zero-order valence-electron chi connectivity index (χ0n) is 14.7. The van der Waals surface area contributed by atoms with Crippen LogP contribution >= 0.6 is 0 Å². The van der Waals surface area contributed by atoms with Gasteiger partial charge in [0.15, 0.2) is 0 Å². The number of ether oxygens (including phenoxy) is 1. The van der Waals surface area contributed by atoms with Crippen LogP contribution in [0.4, 0.5) is 5.69 Å². The number of allylic oxidation sites excluding steroid dienone is 2. The van der Waals surface area contributed by atoms with E-state index in [2.05, 4.69) is 48.7 Å². The Hall–Kier alpha value is -2.55. The molecule has 0 spiro atoms. The summed E-state index contributed by atoms with van der Waals surface area (Å²) < 4.78 is 5.15. The van der Waals surface area contributed by atoms with Crippen molar-refractivity contribution in [2.45, 2.75) is 32.2 Å². The Bertz CT molecular complexity index is 822. The molecule has 2 aromatic carbocycles. The van der Waals surface area contributed by atoms with Gasteiger partial charge in [-0.3, -0.25) is 0 Å². The number of nitrogens with one attached hydrogen (secondary N) is 1. The molecule has 0 radical (unpaired) electrons. The van der Waals surface area contributed by atoms with Gasteiger partial charge in [0.25, 0.3) is 0 Å². The number of rotatable bonds is 3. The highest BCUT2D eigenvalue weighted by molar-refractivity contribution is 5.90. The fraction of sp³-hybridized carbons (Fsp3) is 0.318. The molecule has 128 valence electrons. The Morgan fingerprint density at radius 2 is 2.00 bits per heavy atom. The van der Waals surface area contributed by atoms with E-state index in [0.29, 0.717) is 30.0 Å². The van der Waals surface area contributed by atoms with E-state index in [1.807, 2.05) is 25.1 Å². The number of hydrogen-bond donors (Lipinski definition) is 1. The smallest absolute Gasteiger partial charge is 0.338 e. The number of carbonyl (C=O) groups excluding carboxylic acids is 1. The van der Waals surface area contributed by atoms with Gasteiger partial charge in [-0.25, -0.2) is 4.79 Å². The van der Waals surface area contributed by atoms with Crippen LogP contribution in [-0.2, 0) is 4.74 Å². The van der Waals surface area contributed by atoms with Crippen LogP contribution in [0, 0.1) is 12.8 Å². The Labute approximate surface area is 148 Å². The molecule has 3 atom stereocenters. The second-order valence-electron chi connectivity index (χ2n) is 6.91. The van der Waals surface area contributed by atoms with Crippen LogP contribution in [0.1, 0.15) is 52.4 Å². The molecule has 0 saturated carbocycles. The van der Waals surface area contributed by atoms with Crippen molar-refractivity contribution in [3.05, 3.63) is 76.9 Å². The summed E-state index contributed by atoms with van der Waals surface area (Å²) in [7, 11) is 0. The van der Waals surface area contributed by atoms with Gasteiger partial charge in [-0.15, -0.1) is 0 Å². The van der Waals surface area contributed by atoms with Crippen LogP contribution in [0.5, 0.6) is 0 Å². The highest BCUT2D eigenvalue weighted by Gasteiger charge is 2.38. The summed E-state index contributed by atoms with van der Waals surface area (Å²) in [5.74, 6) is 0.578. The van der Waals surface area contributed by atoms with E-state index in [9.17, 15) is 4.79 Å². The second kappa shape index (κ2) is 6.40. The van der Waals surface area contributed by atoms with E-state index in [1.54, 1.807) is 0 Å². The number of fused-ring (bicyclic) bond motifs is 3. The van der Waals surface area contributed by atoms with Crippen molar-refractivity contribution in [2.75, 3.05) is 11.9 Å². The van der Waals surface area contributed by atoms with Gasteiger partial charge in [0.2, 0.25) is 0 Å². The van der Waals surface area contributed by atoms with Gasteiger partial charge in [-0.1, -0.05) is 42.0 Å². The normalized spacial score (nSPS) is 23.5. The average molecular weight is 333 g/mol. The van der Waals surface area contributed by atoms with Crippen molar-refractivity contribution in [3.63, 3.8) is 0 Å². The molecule has 1 heterocycles. The molecule has 0 aromatic heterocycles. The fourth-order valence-corrected chi connectivity index (χ4v) is 4.04. The number of hydrogen-bond acceptors (Lipinski definition) is 3. The Kier molecular flexibility index (Phi) is 4.08. The summed E-state index contributed by atoms with van der Waals surface area (Å²) >= 11 is 0. The monoisotopic (exact) mass is 333 g/mol. The van der Waals surface area contributed by atoms with Crippen LogP contribution in [0.2, 0.25) is 0 Å². The summed E-state index contributed by atoms with van der Waals surface area (Å²) in [5.41, 5.74) is 5.55. The van der Waals surface area contributed by atoms with E-state index < -0.39 is 0 Å². The lowest BCUT2D eigenvalue weighted by molar-refractivity contribution is 0.0526. The van der Waals surface area contributed by atoms with Crippen LogP contribution in [0.15, 0.2) is 54.6 Å². The first-order chi connectivity index (χ1) is 12.2. The molecule has 2 aliphatic rings. The Balaban J connectivity index is 1.71. The highest BCUT2D eigenvalue weighted by Crippen LogP contribution is 2.49. The first-order valence-corrected chi connectivity index (χ1v) is 8.98. The first kappa shape index (κ1) is 15.9. The molecule has 3 unspecified atom stereocenters. The number of benzene rings is 2. The number of anilines is 1. The molecule has 4 rings (SSSR count). The minimum atomic E-state index is -0.246.